The van der Waals surface area contributed by atoms with Crippen molar-refractivity contribution in [1.29, 1.82) is 0 Å². The molecular weight excluding hydrogens is 356 g/mol. The predicted molar refractivity (Wildman–Crippen MR) is 108 cm³/mol. The molecule has 0 spiro atoms. The summed E-state index contributed by atoms with van der Waals surface area (Å²) in [6, 6.07) is 5.68. The molecule has 2 amide bonds. The lowest BCUT2D eigenvalue weighted by atomic mass is 9.86. The fraction of sp³-hybridized carbons (Fsp3) is 0.636. The van der Waals surface area contributed by atoms with E-state index in [2.05, 4.69) is 0 Å². The number of carbonyl (C=O) groups is 2. The molecule has 154 valence electrons. The van der Waals surface area contributed by atoms with Crippen LogP contribution in [0.2, 0.25) is 0 Å². The minimum atomic E-state index is -0.248. The highest BCUT2D eigenvalue weighted by Crippen LogP contribution is 2.40. The molecule has 2 saturated heterocycles. The van der Waals surface area contributed by atoms with Crippen LogP contribution in [0.5, 0.6) is 11.5 Å². The van der Waals surface area contributed by atoms with Crippen LogP contribution in [0.3, 0.4) is 0 Å². The van der Waals surface area contributed by atoms with Crippen molar-refractivity contribution < 1.29 is 19.1 Å². The fourth-order valence-electron chi connectivity index (χ4n) is 4.39. The maximum Gasteiger partial charge on any atom is 0.228 e. The van der Waals surface area contributed by atoms with Gasteiger partial charge in [-0.25, -0.2) is 0 Å². The van der Waals surface area contributed by atoms with E-state index in [1.165, 1.54) is 6.42 Å². The molecule has 2 aliphatic rings. The van der Waals surface area contributed by atoms with Crippen molar-refractivity contribution in [3.8, 4) is 11.5 Å². The summed E-state index contributed by atoms with van der Waals surface area (Å²) in [5, 5.41) is 0. The number of hydrogen-bond acceptors (Lipinski definition) is 4. The Morgan fingerprint density at radius 3 is 2.32 bits per heavy atom. The van der Waals surface area contributed by atoms with Crippen molar-refractivity contribution in [1.82, 2.24) is 9.80 Å². The first-order valence-electron chi connectivity index (χ1n) is 10.3. The van der Waals surface area contributed by atoms with E-state index in [9.17, 15) is 9.59 Å². The van der Waals surface area contributed by atoms with Crippen molar-refractivity contribution >= 4 is 11.8 Å². The highest BCUT2D eigenvalue weighted by molar-refractivity contribution is 5.84. The first-order valence-corrected chi connectivity index (χ1v) is 10.3. The molecule has 1 aromatic rings. The molecule has 3 rings (SSSR count). The Hall–Kier alpha value is -2.24. The Labute approximate surface area is 167 Å². The second-order valence-corrected chi connectivity index (χ2v) is 8.10. The van der Waals surface area contributed by atoms with Crippen LogP contribution in [0.1, 0.15) is 44.6 Å². The average Bonchev–Trinajstić information content (AvgIpc) is 3.17. The number of methoxy groups -OCH3 is 2. The van der Waals surface area contributed by atoms with Crippen LogP contribution < -0.4 is 9.47 Å². The number of piperidine rings is 1. The van der Waals surface area contributed by atoms with Crippen LogP contribution in [-0.4, -0.2) is 62.0 Å². The minimum absolute atomic E-state index is 0.0864. The fourth-order valence-corrected chi connectivity index (χ4v) is 4.39. The molecule has 0 unspecified atom stereocenters. The molecule has 2 fully saturated rings. The van der Waals surface area contributed by atoms with Crippen LogP contribution in [0.15, 0.2) is 18.2 Å². The van der Waals surface area contributed by atoms with Gasteiger partial charge in [0.2, 0.25) is 11.8 Å². The minimum Gasteiger partial charge on any atom is -0.497 e. The molecule has 0 saturated carbocycles. The van der Waals surface area contributed by atoms with E-state index in [0.29, 0.717) is 13.1 Å². The summed E-state index contributed by atoms with van der Waals surface area (Å²) in [5.74, 6) is 1.30. The molecule has 0 aliphatic carbocycles. The van der Waals surface area contributed by atoms with E-state index < -0.39 is 0 Å². The number of rotatable bonds is 5. The van der Waals surface area contributed by atoms with E-state index in [1.807, 2.05) is 41.8 Å². The SMILES string of the molecule is COc1ccc(OC)c([C@H]2CN(C(=O)C(C)C)C[C@H]2C(=O)N2CCCCC2)c1. The van der Waals surface area contributed by atoms with Crippen LogP contribution in [0.25, 0.3) is 0 Å². The third kappa shape index (κ3) is 4.10. The zero-order valence-corrected chi connectivity index (χ0v) is 17.4. The summed E-state index contributed by atoms with van der Waals surface area (Å²) >= 11 is 0. The summed E-state index contributed by atoms with van der Waals surface area (Å²) in [5.41, 5.74) is 0.941. The third-order valence-electron chi connectivity index (χ3n) is 5.95. The zero-order chi connectivity index (χ0) is 20.3. The normalized spacial score (nSPS) is 22.5. The van der Waals surface area contributed by atoms with Gasteiger partial charge in [-0.3, -0.25) is 9.59 Å². The Balaban J connectivity index is 1.95. The summed E-state index contributed by atoms with van der Waals surface area (Å²) in [4.78, 5) is 29.9. The lowest BCUT2D eigenvalue weighted by Gasteiger charge is -2.31. The number of amides is 2. The van der Waals surface area contributed by atoms with Crippen LogP contribution in [0, 0.1) is 11.8 Å². The molecule has 6 heteroatoms. The monoisotopic (exact) mass is 388 g/mol. The van der Waals surface area contributed by atoms with Gasteiger partial charge in [-0.1, -0.05) is 13.8 Å². The van der Waals surface area contributed by atoms with Crippen molar-refractivity contribution in [2.75, 3.05) is 40.4 Å². The lowest BCUT2D eigenvalue weighted by Crippen LogP contribution is -2.42. The van der Waals surface area contributed by atoms with Gasteiger partial charge in [0.1, 0.15) is 11.5 Å². The molecule has 0 radical (unpaired) electrons. The van der Waals surface area contributed by atoms with Gasteiger partial charge >= 0.3 is 0 Å². The first kappa shape index (κ1) is 20.5. The molecule has 2 heterocycles. The van der Waals surface area contributed by atoms with Crippen molar-refractivity contribution in [2.24, 2.45) is 11.8 Å². The predicted octanol–water partition coefficient (Wildman–Crippen LogP) is 2.91. The van der Waals surface area contributed by atoms with Crippen molar-refractivity contribution in [2.45, 2.75) is 39.0 Å². The topological polar surface area (TPSA) is 59.1 Å². The molecule has 2 atom stereocenters. The smallest absolute Gasteiger partial charge is 0.228 e. The molecule has 1 aromatic carbocycles. The number of benzene rings is 1. The maximum atomic E-state index is 13.4. The standard InChI is InChI=1S/C22H32N2O4/c1-15(2)21(25)24-13-18(17-12-16(27-3)8-9-20(17)28-4)19(14-24)22(26)23-10-6-5-7-11-23/h8-9,12,15,18-19H,5-7,10-11,13-14H2,1-4H3/t18-,19-/m1/s1. The van der Waals surface area contributed by atoms with Gasteiger partial charge in [0.05, 0.1) is 20.1 Å². The molecule has 2 aliphatic heterocycles. The molecular formula is C22H32N2O4. The van der Waals surface area contributed by atoms with Crippen molar-refractivity contribution in [3.05, 3.63) is 23.8 Å². The molecule has 28 heavy (non-hydrogen) atoms. The van der Waals surface area contributed by atoms with E-state index in [4.69, 9.17) is 9.47 Å². The largest absolute Gasteiger partial charge is 0.497 e. The second-order valence-electron chi connectivity index (χ2n) is 8.10. The number of carbonyl (C=O) groups excluding carboxylic acids is 2. The van der Waals surface area contributed by atoms with Gasteiger partial charge in [0.15, 0.2) is 0 Å². The first-order chi connectivity index (χ1) is 13.5. The molecule has 6 nitrogen and oxygen atoms in total. The Morgan fingerprint density at radius 1 is 1.00 bits per heavy atom. The molecule has 0 bridgehead atoms. The van der Waals surface area contributed by atoms with E-state index in [1.54, 1.807) is 14.2 Å². The van der Waals surface area contributed by atoms with E-state index in [-0.39, 0.29) is 29.6 Å². The quantitative estimate of drug-likeness (QED) is 0.778. The summed E-state index contributed by atoms with van der Waals surface area (Å²) in [7, 11) is 3.27. The van der Waals surface area contributed by atoms with Gasteiger partial charge < -0.3 is 19.3 Å². The van der Waals surface area contributed by atoms with Gasteiger partial charge in [0, 0.05) is 43.6 Å². The van der Waals surface area contributed by atoms with Gasteiger partial charge in [-0.2, -0.15) is 0 Å². The van der Waals surface area contributed by atoms with Gasteiger partial charge in [-0.05, 0) is 37.5 Å². The number of nitrogens with zero attached hydrogens (tertiary/aromatic N) is 2. The number of likely N-dealkylation sites (tertiary alicyclic amines) is 2. The van der Waals surface area contributed by atoms with Gasteiger partial charge in [-0.15, -0.1) is 0 Å². The third-order valence-corrected chi connectivity index (χ3v) is 5.95. The summed E-state index contributed by atoms with van der Waals surface area (Å²) in [6.07, 6.45) is 3.29. The van der Waals surface area contributed by atoms with E-state index >= 15 is 0 Å². The Bertz CT molecular complexity index is 712. The highest BCUT2D eigenvalue weighted by atomic mass is 16.5. The summed E-state index contributed by atoms with van der Waals surface area (Å²) in [6.45, 7) is 6.44. The lowest BCUT2D eigenvalue weighted by molar-refractivity contribution is -0.137. The average molecular weight is 389 g/mol. The van der Waals surface area contributed by atoms with E-state index in [0.717, 1.165) is 43.0 Å². The number of hydrogen-bond donors (Lipinski definition) is 0. The zero-order valence-electron chi connectivity index (χ0n) is 17.4. The number of ether oxygens (including phenoxy) is 2. The Morgan fingerprint density at radius 2 is 1.71 bits per heavy atom. The second kappa shape index (κ2) is 8.84. The molecule has 0 N–H and O–H groups in total. The summed E-state index contributed by atoms with van der Waals surface area (Å²) < 4.78 is 11.0. The van der Waals surface area contributed by atoms with Crippen LogP contribution >= 0.6 is 0 Å². The Kier molecular flexibility index (Phi) is 6.47. The van der Waals surface area contributed by atoms with Crippen LogP contribution in [-0.2, 0) is 9.59 Å². The maximum absolute atomic E-state index is 13.4. The van der Waals surface area contributed by atoms with Crippen LogP contribution in [0.4, 0.5) is 0 Å². The van der Waals surface area contributed by atoms with Crippen molar-refractivity contribution in [3.63, 3.8) is 0 Å². The van der Waals surface area contributed by atoms with Gasteiger partial charge in [0.25, 0.3) is 0 Å². The highest BCUT2D eigenvalue weighted by Gasteiger charge is 2.43. The molecule has 0 aromatic heterocycles.